The highest BCUT2D eigenvalue weighted by Gasteiger charge is 2.46. The largest absolute Gasteiger partial charge is 0.390 e. The van der Waals surface area contributed by atoms with Gasteiger partial charge in [-0.15, -0.1) is 0 Å². The average Bonchev–Trinajstić information content (AvgIpc) is 2.18. The maximum Gasteiger partial charge on any atom is 0.0698 e. The summed E-state index contributed by atoms with van der Waals surface area (Å²) in [7, 11) is 0. The van der Waals surface area contributed by atoms with E-state index in [2.05, 4.69) is 59.7 Å². The Hall–Kier alpha value is -0.820. The number of hydrogen-bond donors (Lipinski definition) is 1. The maximum absolute atomic E-state index is 11.2. The molecule has 1 aliphatic carbocycles. The topological polar surface area (TPSA) is 20.2 Å². The van der Waals surface area contributed by atoms with E-state index >= 15 is 0 Å². The van der Waals surface area contributed by atoms with Crippen molar-refractivity contribution in [1.82, 2.24) is 0 Å². The van der Waals surface area contributed by atoms with Crippen LogP contribution in [0.1, 0.15) is 63.6 Å². The molecule has 112 valence electrons. The predicted octanol–water partition coefficient (Wildman–Crippen LogP) is 4.81. The van der Waals surface area contributed by atoms with Gasteiger partial charge in [0.2, 0.25) is 0 Å². The van der Waals surface area contributed by atoms with Crippen molar-refractivity contribution < 1.29 is 5.11 Å². The molecule has 0 unspecified atom stereocenters. The third-order valence-corrected chi connectivity index (χ3v) is 4.72. The Morgan fingerprint density at radius 1 is 0.900 bits per heavy atom. The lowest BCUT2D eigenvalue weighted by Gasteiger charge is -2.50. The summed E-state index contributed by atoms with van der Waals surface area (Å²) in [4.78, 5) is 0. The Labute approximate surface area is 124 Å². The van der Waals surface area contributed by atoms with E-state index in [4.69, 9.17) is 0 Å². The second kappa shape index (κ2) is 4.87. The van der Waals surface area contributed by atoms with E-state index in [0.29, 0.717) is 0 Å². The van der Waals surface area contributed by atoms with Crippen molar-refractivity contribution in [1.29, 1.82) is 0 Å². The van der Waals surface area contributed by atoms with Crippen LogP contribution in [-0.4, -0.2) is 10.7 Å². The molecule has 0 bridgehead atoms. The van der Waals surface area contributed by atoms with Crippen LogP contribution in [0.4, 0.5) is 0 Å². The normalized spacial score (nSPS) is 23.6. The molecule has 2 rings (SSSR count). The average molecular weight is 274 g/mol. The van der Waals surface area contributed by atoms with E-state index in [1.165, 1.54) is 23.1 Å². The van der Waals surface area contributed by atoms with Crippen LogP contribution >= 0.6 is 0 Å². The van der Waals surface area contributed by atoms with Gasteiger partial charge in [-0.1, -0.05) is 45.9 Å². The van der Waals surface area contributed by atoms with Gasteiger partial charge in [-0.2, -0.15) is 0 Å². The van der Waals surface area contributed by atoms with Crippen molar-refractivity contribution in [2.24, 2.45) is 10.8 Å². The third-order valence-electron chi connectivity index (χ3n) is 4.72. The first-order valence-corrected chi connectivity index (χ1v) is 7.80. The van der Waals surface area contributed by atoms with Gasteiger partial charge in [0.25, 0.3) is 0 Å². The summed E-state index contributed by atoms with van der Waals surface area (Å²) in [5.41, 5.74) is 3.81. The minimum Gasteiger partial charge on any atom is -0.390 e. The fourth-order valence-corrected chi connectivity index (χ4v) is 4.85. The van der Waals surface area contributed by atoms with Crippen LogP contribution in [-0.2, 0) is 6.42 Å². The molecular weight excluding hydrogens is 244 g/mol. The summed E-state index contributed by atoms with van der Waals surface area (Å²) in [6.07, 6.45) is 3.78. The van der Waals surface area contributed by atoms with Gasteiger partial charge in [0.05, 0.1) is 5.60 Å². The van der Waals surface area contributed by atoms with Crippen molar-refractivity contribution in [3.05, 3.63) is 34.9 Å². The lowest BCUT2D eigenvalue weighted by molar-refractivity contribution is -0.0852. The van der Waals surface area contributed by atoms with Crippen LogP contribution < -0.4 is 0 Å². The molecule has 0 aliphatic heterocycles. The van der Waals surface area contributed by atoms with Gasteiger partial charge < -0.3 is 5.11 Å². The van der Waals surface area contributed by atoms with E-state index in [-0.39, 0.29) is 10.8 Å². The van der Waals surface area contributed by atoms with E-state index < -0.39 is 5.60 Å². The van der Waals surface area contributed by atoms with Crippen LogP contribution in [0.5, 0.6) is 0 Å². The Balaban J connectivity index is 2.31. The Kier molecular flexibility index (Phi) is 3.79. The molecule has 1 aromatic carbocycles. The standard InChI is InChI=1S/C19H30O/c1-14-8-7-9-15(2)16(14)10-19(20)12-17(3,4)11-18(5,6)13-19/h7-9,20H,10-13H2,1-6H3. The molecule has 0 amide bonds. The molecule has 0 saturated heterocycles. The quantitative estimate of drug-likeness (QED) is 0.820. The maximum atomic E-state index is 11.2. The number of aryl methyl sites for hydroxylation is 2. The van der Waals surface area contributed by atoms with Gasteiger partial charge in [-0.3, -0.25) is 0 Å². The second-order valence-electron chi connectivity index (χ2n) is 8.63. The van der Waals surface area contributed by atoms with Crippen molar-refractivity contribution in [3.63, 3.8) is 0 Å². The molecule has 1 fully saturated rings. The molecule has 1 N–H and O–H groups in total. The number of hydrogen-bond acceptors (Lipinski definition) is 1. The molecule has 1 aliphatic rings. The first kappa shape index (κ1) is 15.6. The smallest absolute Gasteiger partial charge is 0.0698 e. The molecule has 0 spiro atoms. The number of benzene rings is 1. The zero-order chi connectivity index (χ0) is 15.2. The van der Waals surface area contributed by atoms with Gasteiger partial charge in [0.15, 0.2) is 0 Å². The van der Waals surface area contributed by atoms with E-state index in [1.54, 1.807) is 0 Å². The molecule has 0 atom stereocenters. The molecule has 0 radical (unpaired) electrons. The first-order chi connectivity index (χ1) is 9.02. The lowest BCUT2D eigenvalue weighted by Crippen LogP contribution is -2.47. The summed E-state index contributed by atoms with van der Waals surface area (Å²) in [5.74, 6) is 0. The zero-order valence-corrected chi connectivity index (χ0v) is 14.0. The molecule has 0 heterocycles. The molecule has 1 nitrogen and oxygen atoms in total. The number of rotatable bonds is 2. The molecule has 0 aromatic heterocycles. The van der Waals surface area contributed by atoms with E-state index in [0.717, 1.165) is 19.3 Å². The predicted molar refractivity (Wildman–Crippen MR) is 86.0 cm³/mol. The monoisotopic (exact) mass is 274 g/mol. The Morgan fingerprint density at radius 3 is 1.80 bits per heavy atom. The second-order valence-corrected chi connectivity index (χ2v) is 8.63. The number of aliphatic hydroxyl groups is 1. The van der Waals surface area contributed by atoms with Gasteiger partial charge in [0, 0.05) is 6.42 Å². The Morgan fingerprint density at radius 2 is 1.35 bits per heavy atom. The van der Waals surface area contributed by atoms with Gasteiger partial charge in [-0.25, -0.2) is 0 Å². The molecular formula is C19H30O. The highest BCUT2D eigenvalue weighted by atomic mass is 16.3. The van der Waals surface area contributed by atoms with Crippen LogP contribution in [0.25, 0.3) is 0 Å². The summed E-state index contributed by atoms with van der Waals surface area (Å²) in [6, 6.07) is 6.42. The highest BCUT2D eigenvalue weighted by molar-refractivity contribution is 5.35. The van der Waals surface area contributed by atoms with Gasteiger partial charge in [-0.05, 0) is 60.6 Å². The van der Waals surface area contributed by atoms with Crippen LogP contribution in [0.2, 0.25) is 0 Å². The highest BCUT2D eigenvalue weighted by Crippen LogP contribution is 2.51. The van der Waals surface area contributed by atoms with Crippen molar-refractivity contribution in [2.75, 3.05) is 0 Å². The van der Waals surface area contributed by atoms with Crippen molar-refractivity contribution in [3.8, 4) is 0 Å². The van der Waals surface area contributed by atoms with E-state index in [9.17, 15) is 5.11 Å². The lowest BCUT2D eigenvalue weighted by atomic mass is 9.58. The van der Waals surface area contributed by atoms with Crippen molar-refractivity contribution >= 4 is 0 Å². The molecule has 1 saturated carbocycles. The van der Waals surface area contributed by atoms with Crippen LogP contribution in [0.15, 0.2) is 18.2 Å². The first-order valence-electron chi connectivity index (χ1n) is 7.80. The summed E-state index contributed by atoms with van der Waals surface area (Å²) < 4.78 is 0. The zero-order valence-electron chi connectivity index (χ0n) is 14.0. The Bertz CT molecular complexity index is 460. The minimum atomic E-state index is -0.567. The van der Waals surface area contributed by atoms with Crippen LogP contribution in [0, 0.1) is 24.7 Å². The van der Waals surface area contributed by atoms with Crippen molar-refractivity contribution in [2.45, 2.75) is 72.8 Å². The molecule has 1 aromatic rings. The summed E-state index contributed by atoms with van der Waals surface area (Å²) in [6.45, 7) is 13.5. The molecule has 20 heavy (non-hydrogen) atoms. The van der Waals surface area contributed by atoms with Gasteiger partial charge in [0.1, 0.15) is 0 Å². The van der Waals surface area contributed by atoms with Crippen LogP contribution in [0.3, 0.4) is 0 Å². The summed E-state index contributed by atoms with van der Waals surface area (Å²) in [5, 5.41) is 11.2. The van der Waals surface area contributed by atoms with E-state index in [1.807, 2.05) is 0 Å². The molecule has 1 heteroatoms. The SMILES string of the molecule is Cc1cccc(C)c1CC1(O)CC(C)(C)CC(C)(C)C1. The summed E-state index contributed by atoms with van der Waals surface area (Å²) >= 11 is 0. The fraction of sp³-hybridized carbons (Fsp3) is 0.684. The van der Waals surface area contributed by atoms with Gasteiger partial charge >= 0.3 is 0 Å². The minimum absolute atomic E-state index is 0.215. The fourth-order valence-electron chi connectivity index (χ4n) is 4.85. The third kappa shape index (κ3) is 3.44.